The molecular weight excluding hydrogens is 396 g/mol. The highest BCUT2D eigenvalue weighted by molar-refractivity contribution is 5.93. The SMILES string of the molecule is CC(=O)OCC1=C2[C@@H](OC(=O)C(C)C)C[C@@]3(CO)O[C@@H]3/C=C\[C@@]3(C)O[C@@H]3[C@H]2OC1=O. The van der Waals surface area contributed by atoms with Crippen molar-refractivity contribution in [3.05, 3.63) is 23.3 Å². The summed E-state index contributed by atoms with van der Waals surface area (Å²) < 4.78 is 28.0. The number of esters is 3. The molecule has 2 fully saturated rings. The predicted octanol–water partition coefficient (Wildman–Crippen LogP) is 0.587. The van der Waals surface area contributed by atoms with Crippen molar-refractivity contribution >= 4 is 17.9 Å². The lowest BCUT2D eigenvalue weighted by atomic mass is 9.85. The van der Waals surface area contributed by atoms with Crippen molar-refractivity contribution in [2.75, 3.05) is 13.2 Å². The number of epoxide rings is 2. The predicted molar refractivity (Wildman–Crippen MR) is 100.0 cm³/mol. The van der Waals surface area contributed by atoms with Gasteiger partial charge >= 0.3 is 17.9 Å². The molecule has 0 unspecified atom stereocenters. The highest BCUT2D eigenvalue weighted by atomic mass is 16.7. The fourth-order valence-electron chi connectivity index (χ4n) is 4.07. The van der Waals surface area contributed by atoms with E-state index in [0.29, 0.717) is 5.57 Å². The van der Waals surface area contributed by atoms with Gasteiger partial charge in [0, 0.05) is 18.9 Å². The highest BCUT2D eigenvalue weighted by Gasteiger charge is 2.64. The number of rotatable bonds is 5. The molecule has 3 heterocycles. The molecule has 1 aliphatic carbocycles. The molecule has 4 aliphatic rings. The van der Waals surface area contributed by atoms with Gasteiger partial charge in [0.2, 0.25) is 0 Å². The molecule has 0 bridgehead atoms. The summed E-state index contributed by atoms with van der Waals surface area (Å²) in [6, 6.07) is 0. The standard InChI is InChI=1S/C21H26O9/c1-10(2)18(24)27-13-7-21(9-22)14(29-21)5-6-20(4)17(30-20)16-15(13)12(19(25)28-16)8-26-11(3)23/h5-6,10,13-14,16-17,22H,7-9H2,1-4H3/b6-5-/t13-,14+,16-,17+,20+,21-/m0/s1. The van der Waals surface area contributed by atoms with E-state index in [1.807, 2.05) is 19.1 Å². The zero-order valence-corrected chi connectivity index (χ0v) is 17.4. The van der Waals surface area contributed by atoms with Gasteiger partial charge in [-0.25, -0.2) is 4.79 Å². The van der Waals surface area contributed by atoms with Gasteiger partial charge in [0.25, 0.3) is 0 Å². The smallest absolute Gasteiger partial charge is 0.338 e. The van der Waals surface area contributed by atoms with E-state index in [9.17, 15) is 19.5 Å². The van der Waals surface area contributed by atoms with E-state index in [4.69, 9.17) is 23.7 Å². The van der Waals surface area contributed by atoms with Gasteiger partial charge in [-0.2, -0.15) is 0 Å². The first-order chi connectivity index (χ1) is 14.1. The molecule has 0 saturated carbocycles. The Kier molecular flexibility index (Phi) is 5.03. The third-order valence-electron chi connectivity index (χ3n) is 6.02. The van der Waals surface area contributed by atoms with E-state index < -0.39 is 53.3 Å². The van der Waals surface area contributed by atoms with Crippen molar-refractivity contribution in [1.82, 2.24) is 0 Å². The highest BCUT2D eigenvalue weighted by Crippen LogP contribution is 2.51. The van der Waals surface area contributed by atoms with Crippen LogP contribution in [0, 0.1) is 5.92 Å². The van der Waals surface area contributed by atoms with Crippen LogP contribution in [0.15, 0.2) is 23.3 Å². The van der Waals surface area contributed by atoms with Gasteiger partial charge < -0.3 is 28.8 Å². The first-order valence-electron chi connectivity index (χ1n) is 10.0. The van der Waals surface area contributed by atoms with Crippen molar-refractivity contribution < 1.29 is 43.2 Å². The summed E-state index contributed by atoms with van der Waals surface area (Å²) in [5.41, 5.74) is -1.10. The number of ether oxygens (including phenoxy) is 5. The minimum Gasteiger partial charge on any atom is -0.461 e. The lowest BCUT2D eigenvalue weighted by molar-refractivity contribution is -0.152. The second-order valence-electron chi connectivity index (χ2n) is 8.67. The Hall–Kier alpha value is -2.23. The van der Waals surface area contributed by atoms with Gasteiger partial charge in [0.05, 0.1) is 18.1 Å². The van der Waals surface area contributed by atoms with Crippen LogP contribution in [0.3, 0.4) is 0 Å². The second-order valence-corrected chi connectivity index (χ2v) is 8.67. The normalized spacial score (nSPS) is 40.0. The van der Waals surface area contributed by atoms with Crippen molar-refractivity contribution in [1.29, 1.82) is 0 Å². The van der Waals surface area contributed by atoms with E-state index in [0.717, 1.165) is 0 Å². The van der Waals surface area contributed by atoms with Crippen LogP contribution in [-0.4, -0.2) is 71.8 Å². The van der Waals surface area contributed by atoms with Gasteiger partial charge in [0.15, 0.2) is 6.10 Å². The Morgan fingerprint density at radius 3 is 2.70 bits per heavy atom. The third kappa shape index (κ3) is 3.55. The lowest BCUT2D eigenvalue weighted by Gasteiger charge is -2.26. The molecule has 9 heteroatoms. The summed E-state index contributed by atoms with van der Waals surface area (Å²) in [5.74, 6) is -2.07. The van der Waals surface area contributed by atoms with Gasteiger partial charge in [-0.05, 0) is 6.92 Å². The molecule has 3 aliphatic heterocycles. The Morgan fingerprint density at radius 1 is 1.33 bits per heavy atom. The topological polar surface area (TPSA) is 124 Å². The van der Waals surface area contributed by atoms with Crippen molar-refractivity contribution in [2.24, 2.45) is 5.92 Å². The van der Waals surface area contributed by atoms with Crippen LogP contribution in [-0.2, 0) is 38.1 Å². The molecule has 30 heavy (non-hydrogen) atoms. The second kappa shape index (κ2) is 7.18. The van der Waals surface area contributed by atoms with E-state index >= 15 is 0 Å². The van der Waals surface area contributed by atoms with Crippen molar-refractivity contribution in [2.45, 2.75) is 69.7 Å². The van der Waals surface area contributed by atoms with Crippen LogP contribution in [0.5, 0.6) is 0 Å². The van der Waals surface area contributed by atoms with E-state index in [1.165, 1.54) is 6.92 Å². The van der Waals surface area contributed by atoms with E-state index in [1.54, 1.807) is 13.8 Å². The molecule has 0 aromatic carbocycles. The Labute approximate surface area is 173 Å². The quantitative estimate of drug-likeness (QED) is 0.293. The zero-order valence-electron chi connectivity index (χ0n) is 17.4. The van der Waals surface area contributed by atoms with Crippen LogP contribution in [0.25, 0.3) is 0 Å². The number of hydrogen-bond donors (Lipinski definition) is 1. The minimum atomic E-state index is -0.938. The van der Waals surface area contributed by atoms with E-state index in [-0.39, 0.29) is 31.3 Å². The Bertz CT molecular complexity index is 843. The van der Waals surface area contributed by atoms with Crippen LogP contribution in [0.2, 0.25) is 0 Å². The molecule has 2 saturated heterocycles. The maximum atomic E-state index is 12.7. The first kappa shape index (κ1) is 21.0. The summed E-state index contributed by atoms with van der Waals surface area (Å²) in [6.45, 7) is 5.90. The van der Waals surface area contributed by atoms with Gasteiger partial charge in [-0.15, -0.1) is 0 Å². The molecule has 4 rings (SSSR count). The summed E-state index contributed by atoms with van der Waals surface area (Å²) in [7, 11) is 0. The number of carbonyl (C=O) groups excluding carboxylic acids is 3. The molecule has 164 valence electrons. The fourth-order valence-corrected chi connectivity index (χ4v) is 4.07. The summed E-state index contributed by atoms with van der Waals surface area (Å²) >= 11 is 0. The summed E-state index contributed by atoms with van der Waals surface area (Å²) in [6.07, 6.45) is 1.26. The summed E-state index contributed by atoms with van der Waals surface area (Å²) in [5, 5.41) is 9.99. The largest absolute Gasteiger partial charge is 0.461 e. The van der Waals surface area contributed by atoms with Gasteiger partial charge in [-0.1, -0.05) is 26.0 Å². The Balaban J connectivity index is 1.78. The molecule has 0 spiro atoms. The average Bonchev–Trinajstić information content (AvgIpc) is 3.52. The molecule has 1 N–H and O–H groups in total. The van der Waals surface area contributed by atoms with Gasteiger partial charge in [-0.3, -0.25) is 9.59 Å². The molecule has 6 atom stereocenters. The number of aliphatic hydroxyl groups excluding tert-OH is 1. The number of fused-ring (bicyclic) bond motifs is 4. The molecular formula is C21H26O9. The molecule has 0 radical (unpaired) electrons. The van der Waals surface area contributed by atoms with Gasteiger partial charge in [0.1, 0.15) is 36.1 Å². The van der Waals surface area contributed by atoms with Crippen LogP contribution in [0.4, 0.5) is 0 Å². The maximum Gasteiger partial charge on any atom is 0.338 e. The number of carbonyl (C=O) groups is 3. The van der Waals surface area contributed by atoms with Crippen molar-refractivity contribution in [3.63, 3.8) is 0 Å². The van der Waals surface area contributed by atoms with E-state index in [2.05, 4.69) is 0 Å². The Morgan fingerprint density at radius 2 is 2.07 bits per heavy atom. The zero-order chi connectivity index (χ0) is 21.8. The fraction of sp³-hybridized carbons (Fsp3) is 0.667. The minimum absolute atomic E-state index is 0.129. The molecule has 0 aromatic heterocycles. The van der Waals surface area contributed by atoms with Crippen LogP contribution in [0.1, 0.15) is 34.1 Å². The number of aliphatic hydroxyl groups is 1. The maximum absolute atomic E-state index is 12.7. The van der Waals surface area contributed by atoms with Crippen molar-refractivity contribution in [3.8, 4) is 0 Å². The lowest BCUT2D eigenvalue weighted by Crippen LogP contribution is -2.38. The summed E-state index contributed by atoms with van der Waals surface area (Å²) in [4.78, 5) is 36.5. The number of hydrogen-bond acceptors (Lipinski definition) is 9. The first-order valence-corrected chi connectivity index (χ1v) is 10.0. The average molecular weight is 422 g/mol. The monoisotopic (exact) mass is 422 g/mol. The van der Waals surface area contributed by atoms with Crippen LogP contribution < -0.4 is 0 Å². The molecule has 9 nitrogen and oxygen atoms in total. The van der Waals surface area contributed by atoms with Crippen LogP contribution >= 0.6 is 0 Å². The molecule has 0 aromatic rings. The third-order valence-corrected chi connectivity index (χ3v) is 6.02. The molecule has 0 amide bonds.